The molecule has 1 aromatic heterocycles. The Kier molecular flexibility index (Phi) is 5.91. The quantitative estimate of drug-likeness (QED) is 0.679. The number of anilines is 1. The molecule has 0 aliphatic carbocycles. The van der Waals surface area contributed by atoms with Crippen LogP contribution in [0.25, 0.3) is 11.0 Å². The summed E-state index contributed by atoms with van der Waals surface area (Å²) in [5.41, 5.74) is 2.54. The maximum Gasteiger partial charge on any atom is 0.247 e. The molecule has 142 valence electrons. The van der Waals surface area contributed by atoms with Crippen LogP contribution in [0.4, 0.5) is 5.69 Å². The molecule has 0 unspecified atom stereocenters. The molecule has 1 atom stereocenters. The van der Waals surface area contributed by atoms with Gasteiger partial charge >= 0.3 is 0 Å². The minimum atomic E-state index is -0.681. The van der Waals surface area contributed by atoms with E-state index >= 15 is 0 Å². The number of aliphatic hydroxyl groups excluding tert-OH is 1. The van der Waals surface area contributed by atoms with Crippen LogP contribution in [0.3, 0.4) is 0 Å². The lowest BCUT2D eigenvalue weighted by molar-refractivity contribution is -0.119. The number of hydrogen-bond acceptors (Lipinski definition) is 3. The van der Waals surface area contributed by atoms with Crippen LogP contribution in [0.5, 0.6) is 0 Å². The number of para-hydroxylation sites is 3. The summed E-state index contributed by atoms with van der Waals surface area (Å²) in [5, 5.41) is 10.6. The number of aromatic nitrogens is 2. The molecule has 0 fully saturated rings. The monoisotopic (exact) mass is 365 g/mol. The van der Waals surface area contributed by atoms with E-state index in [4.69, 9.17) is 0 Å². The van der Waals surface area contributed by atoms with Gasteiger partial charge in [-0.1, -0.05) is 43.7 Å². The molecule has 0 spiro atoms. The Balaban J connectivity index is 1.99. The Bertz CT molecular complexity index is 902. The van der Waals surface area contributed by atoms with E-state index in [-0.39, 0.29) is 18.5 Å². The summed E-state index contributed by atoms with van der Waals surface area (Å²) in [6, 6.07) is 17.4. The summed E-state index contributed by atoms with van der Waals surface area (Å²) in [6.07, 6.45) is 0.782. The van der Waals surface area contributed by atoms with Gasteiger partial charge in [0.05, 0.1) is 11.0 Å². The fourth-order valence-corrected chi connectivity index (χ4v) is 3.45. The van der Waals surface area contributed by atoms with Gasteiger partial charge in [-0.15, -0.1) is 0 Å². The second-order valence-electron chi connectivity index (χ2n) is 7.04. The highest BCUT2D eigenvalue weighted by atomic mass is 16.3. The lowest BCUT2D eigenvalue weighted by Gasteiger charge is -2.27. The largest absolute Gasteiger partial charge is 0.385 e. The van der Waals surface area contributed by atoms with Crippen molar-refractivity contribution < 1.29 is 9.90 Å². The van der Waals surface area contributed by atoms with Gasteiger partial charge in [-0.05, 0) is 44.5 Å². The molecule has 0 aliphatic rings. The summed E-state index contributed by atoms with van der Waals surface area (Å²) in [6.45, 7) is 6.18. The summed E-state index contributed by atoms with van der Waals surface area (Å²) in [5.74, 6) is 0.535. The summed E-state index contributed by atoms with van der Waals surface area (Å²) < 4.78 is 1.86. The average molecular weight is 365 g/mol. The first-order valence-corrected chi connectivity index (χ1v) is 9.53. The smallest absolute Gasteiger partial charge is 0.247 e. The van der Waals surface area contributed by atoms with E-state index < -0.39 is 6.10 Å². The van der Waals surface area contributed by atoms with Gasteiger partial charge in [-0.3, -0.25) is 4.79 Å². The topological polar surface area (TPSA) is 58.4 Å². The molecule has 5 heteroatoms. The van der Waals surface area contributed by atoms with Crippen molar-refractivity contribution in [3.8, 4) is 0 Å². The minimum Gasteiger partial charge on any atom is -0.385 e. The van der Waals surface area contributed by atoms with Crippen LogP contribution in [0.1, 0.15) is 45.5 Å². The Labute approximate surface area is 160 Å². The zero-order valence-corrected chi connectivity index (χ0v) is 16.2. The van der Waals surface area contributed by atoms with Crippen molar-refractivity contribution in [3.63, 3.8) is 0 Å². The third-order valence-corrected chi connectivity index (χ3v) is 4.66. The Morgan fingerprint density at radius 2 is 1.78 bits per heavy atom. The van der Waals surface area contributed by atoms with Gasteiger partial charge in [-0.2, -0.15) is 0 Å². The fraction of sp³-hybridized carbons (Fsp3) is 0.364. The van der Waals surface area contributed by atoms with Crippen molar-refractivity contribution in [1.29, 1.82) is 0 Å². The van der Waals surface area contributed by atoms with Crippen LogP contribution in [0, 0.1) is 0 Å². The zero-order chi connectivity index (χ0) is 19.4. The third-order valence-electron chi connectivity index (χ3n) is 4.66. The number of carbonyl (C=O) groups is 1. The molecule has 0 aliphatic heterocycles. The van der Waals surface area contributed by atoms with Crippen molar-refractivity contribution in [2.24, 2.45) is 0 Å². The molecular formula is C22H27N3O2. The number of amides is 1. The zero-order valence-electron chi connectivity index (χ0n) is 16.2. The summed E-state index contributed by atoms with van der Waals surface area (Å²) in [4.78, 5) is 19.6. The summed E-state index contributed by atoms with van der Waals surface area (Å²) >= 11 is 0. The molecule has 1 N–H and O–H groups in total. The number of nitrogens with zero attached hydrogens (tertiary/aromatic N) is 3. The first kappa shape index (κ1) is 19.1. The van der Waals surface area contributed by atoms with E-state index in [1.165, 1.54) is 0 Å². The number of carbonyl (C=O) groups excluding carboxylic acids is 1. The number of benzene rings is 2. The molecule has 3 aromatic rings. The van der Waals surface area contributed by atoms with E-state index in [2.05, 4.69) is 4.98 Å². The van der Waals surface area contributed by atoms with E-state index in [1.807, 2.05) is 79.9 Å². The Morgan fingerprint density at radius 3 is 2.44 bits per heavy atom. The van der Waals surface area contributed by atoms with E-state index in [0.29, 0.717) is 12.2 Å². The number of aliphatic hydroxyl groups is 1. The maximum absolute atomic E-state index is 13.2. The molecule has 3 rings (SSSR count). The molecule has 0 bridgehead atoms. The van der Waals surface area contributed by atoms with Crippen molar-refractivity contribution in [1.82, 2.24) is 9.55 Å². The molecule has 0 radical (unpaired) electrons. The number of imidazole rings is 1. The first-order chi connectivity index (χ1) is 13.0. The van der Waals surface area contributed by atoms with Gasteiger partial charge in [0, 0.05) is 11.7 Å². The number of fused-ring (bicyclic) bond motifs is 1. The molecule has 27 heavy (non-hydrogen) atoms. The van der Waals surface area contributed by atoms with Crippen molar-refractivity contribution in [2.45, 2.75) is 52.3 Å². The predicted octanol–water partition coefficient (Wildman–Crippen LogP) is 4.31. The first-order valence-electron chi connectivity index (χ1n) is 9.53. The molecular weight excluding hydrogens is 338 g/mol. The predicted molar refractivity (Wildman–Crippen MR) is 109 cm³/mol. The maximum atomic E-state index is 13.2. The van der Waals surface area contributed by atoms with Crippen molar-refractivity contribution >= 4 is 22.6 Å². The second kappa shape index (κ2) is 8.35. The highest BCUT2D eigenvalue weighted by Crippen LogP contribution is 2.25. The van der Waals surface area contributed by atoms with Crippen LogP contribution >= 0.6 is 0 Å². The molecule has 1 heterocycles. The van der Waals surface area contributed by atoms with Crippen LogP contribution in [0.15, 0.2) is 54.6 Å². The Morgan fingerprint density at radius 1 is 1.11 bits per heavy atom. The van der Waals surface area contributed by atoms with Gasteiger partial charge in [-0.25, -0.2) is 4.98 Å². The van der Waals surface area contributed by atoms with Crippen molar-refractivity contribution in [3.05, 3.63) is 60.4 Å². The highest BCUT2D eigenvalue weighted by molar-refractivity contribution is 5.94. The average Bonchev–Trinajstić information content (AvgIpc) is 3.01. The minimum absolute atomic E-state index is 0.0238. The lowest BCUT2D eigenvalue weighted by Crippen LogP contribution is -2.39. The third kappa shape index (κ3) is 4.03. The molecule has 0 saturated carbocycles. The van der Waals surface area contributed by atoms with E-state index in [9.17, 15) is 9.90 Å². The number of hydrogen-bond donors (Lipinski definition) is 1. The van der Waals surface area contributed by atoms with Gasteiger partial charge in [0.15, 0.2) is 0 Å². The van der Waals surface area contributed by atoms with E-state index in [0.717, 1.165) is 23.1 Å². The molecule has 1 amide bonds. The lowest BCUT2D eigenvalue weighted by atomic mass is 10.2. The molecule has 0 saturated heterocycles. The Hall–Kier alpha value is -2.66. The van der Waals surface area contributed by atoms with Crippen molar-refractivity contribution in [2.75, 3.05) is 4.90 Å². The van der Waals surface area contributed by atoms with Gasteiger partial charge in [0.1, 0.15) is 18.5 Å². The normalized spacial score (nSPS) is 12.5. The second-order valence-corrected chi connectivity index (χ2v) is 7.04. The van der Waals surface area contributed by atoms with Crippen LogP contribution in [-0.4, -0.2) is 26.6 Å². The SMILES string of the molecule is CCC[C@@H](O)c1nc2ccccc2n1CC(=O)N(c1ccccc1)C(C)C. The van der Waals surface area contributed by atoms with Crippen LogP contribution in [0.2, 0.25) is 0 Å². The molecule has 2 aromatic carbocycles. The van der Waals surface area contributed by atoms with Crippen LogP contribution in [-0.2, 0) is 11.3 Å². The van der Waals surface area contributed by atoms with Gasteiger partial charge in [0.25, 0.3) is 0 Å². The standard InChI is InChI=1S/C22H27N3O2/c1-4-10-20(26)22-23-18-13-8-9-14-19(18)24(22)15-21(27)25(16(2)3)17-11-6-5-7-12-17/h5-9,11-14,16,20,26H,4,10,15H2,1-3H3/t20-/m1/s1. The van der Waals surface area contributed by atoms with Gasteiger partial charge < -0.3 is 14.6 Å². The molecule has 5 nitrogen and oxygen atoms in total. The fourth-order valence-electron chi connectivity index (χ4n) is 3.45. The number of rotatable bonds is 7. The van der Waals surface area contributed by atoms with Gasteiger partial charge in [0.2, 0.25) is 5.91 Å². The van der Waals surface area contributed by atoms with E-state index in [1.54, 1.807) is 4.90 Å². The summed E-state index contributed by atoms with van der Waals surface area (Å²) in [7, 11) is 0. The highest BCUT2D eigenvalue weighted by Gasteiger charge is 2.24. The van der Waals surface area contributed by atoms with Crippen LogP contribution < -0.4 is 4.90 Å².